The molecule has 0 radical (unpaired) electrons. The molecule has 0 spiro atoms. The van der Waals surface area contributed by atoms with Gasteiger partial charge in [-0.05, 0) is 37.5 Å². The second kappa shape index (κ2) is 11.4. The standard InChI is InChI=1S/C18H30O5S/c1-3-5-6-7-8-9-10-16-11-13-17(14-12-16)23-18(22-4-2)15-24(19,20)21/h11-14,18H,3-10,15H2,1-2H3,(H,19,20,21). The van der Waals surface area contributed by atoms with E-state index in [9.17, 15) is 8.42 Å². The first-order chi connectivity index (χ1) is 11.4. The molecule has 0 amide bonds. The van der Waals surface area contributed by atoms with E-state index in [0.717, 1.165) is 6.42 Å². The van der Waals surface area contributed by atoms with Crippen molar-refractivity contribution >= 4 is 10.1 Å². The monoisotopic (exact) mass is 358 g/mol. The Hall–Kier alpha value is -1.11. The summed E-state index contributed by atoms with van der Waals surface area (Å²) in [5.74, 6) is -0.0517. The maximum Gasteiger partial charge on any atom is 0.271 e. The van der Waals surface area contributed by atoms with Gasteiger partial charge in [-0.3, -0.25) is 4.55 Å². The van der Waals surface area contributed by atoms with Crippen LogP contribution in [0.4, 0.5) is 0 Å². The molecule has 0 saturated carbocycles. The molecule has 6 heteroatoms. The molecule has 138 valence electrons. The average Bonchev–Trinajstić information content (AvgIpc) is 2.51. The number of rotatable bonds is 13. The van der Waals surface area contributed by atoms with Gasteiger partial charge in [0.1, 0.15) is 11.5 Å². The van der Waals surface area contributed by atoms with Crippen LogP contribution < -0.4 is 4.74 Å². The summed E-state index contributed by atoms with van der Waals surface area (Å²) in [7, 11) is -4.15. The Labute approximate surface area is 146 Å². The highest BCUT2D eigenvalue weighted by molar-refractivity contribution is 7.85. The molecule has 1 rings (SSSR count). The van der Waals surface area contributed by atoms with Gasteiger partial charge in [-0.1, -0.05) is 51.2 Å². The van der Waals surface area contributed by atoms with Crippen LogP contribution in [-0.2, 0) is 21.3 Å². The van der Waals surface area contributed by atoms with Crippen molar-refractivity contribution in [3.05, 3.63) is 29.8 Å². The highest BCUT2D eigenvalue weighted by Gasteiger charge is 2.18. The van der Waals surface area contributed by atoms with E-state index in [2.05, 4.69) is 6.92 Å². The highest BCUT2D eigenvalue weighted by Crippen LogP contribution is 2.17. The summed E-state index contributed by atoms with van der Waals surface area (Å²) in [6.45, 7) is 4.26. The fraction of sp³-hybridized carbons (Fsp3) is 0.667. The van der Waals surface area contributed by atoms with Gasteiger partial charge in [-0.15, -0.1) is 0 Å². The zero-order valence-corrected chi connectivity index (χ0v) is 15.6. The lowest BCUT2D eigenvalue weighted by Gasteiger charge is -2.17. The predicted molar refractivity (Wildman–Crippen MR) is 96.0 cm³/mol. The largest absolute Gasteiger partial charge is 0.464 e. The molecule has 1 aromatic carbocycles. The van der Waals surface area contributed by atoms with Gasteiger partial charge in [0.15, 0.2) is 0 Å². The SMILES string of the molecule is CCCCCCCCc1ccc(OC(CS(=O)(=O)O)OCC)cc1. The summed E-state index contributed by atoms with van der Waals surface area (Å²) < 4.78 is 41.6. The van der Waals surface area contributed by atoms with Crippen molar-refractivity contribution in [2.45, 2.75) is 65.1 Å². The van der Waals surface area contributed by atoms with Crippen molar-refractivity contribution in [2.75, 3.05) is 12.4 Å². The van der Waals surface area contributed by atoms with Gasteiger partial charge in [-0.2, -0.15) is 8.42 Å². The maximum absolute atomic E-state index is 11.0. The summed E-state index contributed by atoms with van der Waals surface area (Å²) in [5, 5.41) is 0. The Morgan fingerprint density at radius 3 is 2.21 bits per heavy atom. The van der Waals surface area contributed by atoms with Crippen molar-refractivity contribution in [3.8, 4) is 5.75 Å². The van der Waals surface area contributed by atoms with Crippen LogP contribution in [0.3, 0.4) is 0 Å². The number of ether oxygens (including phenoxy) is 2. The minimum Gasteiger partial charge on any atom is -0.464 e. The Morgan fingerprint density at radius 1 is 1.00 bits per heavy atom. The summed E-state index contributed by atoms with van der Waals surface area (Å²) in [4.78, 5) is 0. The fourth-order valence-corrected chi connectivity index (χ4v) is 2.98. The number of hydrogen-bond donors (Lipinski definition) is 1. The first kappa shape index (κ1) is 20.9. The smallest absolute Gasteiger partial charge is 0.271 e. The van der Waals surface area contributed by atoms with E-state index in [4.69, 9.17) is 14.0 Å². The lowest BCUT2D eigenvalue weighted by atomic mass is 10.0. The lowest BCUT2D eigenvalue weighted by Crippen LogP contribution is -2.29. The third-order valence-electron chi connectivity index (χ3n) is 3.71. The minimum atomic E-state index is -4.15. The molecule has 0 bridgehead atoms. The fourth-order valence-electron chi connectivity index (χ4n) is 2.47. The predicted octanol–water partition coefficient (Wildman–Crippen LogP) is 4.22. The van der Waals surface area contributed by atoms with Gasteiger partial charge in [0.2, 0.25) is 6.29 Å². The van der Waals surface area contributed by atoms with Crippen LogP contribution in [0.15, 0.2) is 24.3 Å². The van der Waals surface area contributed by atoms with Crippen molar-refractivity contribution < 1.29 is 22.4 Å². The van der Waals surface area contributed by atoms with E-state index in [1.807, 2.05) is 24.3 Å². The number of hydrogen-bond acceptors (Lipinski definition) is 4. The van der Waals surface area contributed by atoms with Crippen molar-refractivity contribution in [2.24, 2.45) is 0 Å². The van der Waals surface area contributed by atoms with Gasteiger partial charge < -0.3 is 9.47 Å². The topological polar surface area (TPSA) is 72.8 Å². The number of benzene rings is 1. The van der Waals surface area contributed by atoms with Crippen molar-refractivity contribution in [1.82, 2.24) is 0 Å². The van der Waals surface area contributed by atoms with Crippen LogP contribution in [0.2, 0.25) is 0 Å². The summed E-state index contributed by atoms with van der Waals surface area (Å²) >= 11 is 0. The molecule has 5 nitrogen and oxygen atoms in total. The molecule has 0 aromatic heterocycles. The number of aryl methyl sites for hydroxylation is 1. The highest BCUT2D eigenvalue weighted by atomic mass is 32.2. The average molecular weight is 359 g/mol. The van der Waals surface area contributed by atoms with Gasteiger partial charge in [0.05, 0.1) is 0 Å². The lowest BCUT2D eigenvalue weighted by molar-refractivity contribution is -0.0594. The van der Waals surface area contributed by atoms with E-state index in [1.54, 1.807) is 6.92 Å². The van der Waals surface area contributed by atoms with Gasteiger partial charge in [0, 0.05) is 6.61 Å². The number of unbranched alkanes of at least 4 members (excludes halogenated alkanes) is 5. The molecule has 24 heavy (non-hydrogen) atoms. The second-order valence-electron chi connectivity index (χ2n) is 5.91. The third kappa shape index (κ3) is 9.90. The van der Waals surface area contributed by atoms with Crippen LogP contribution >= 0.6 is 0 Å². The van der Waals surface area contributed by atoms with Crippen LogP contribution in [0.5, 0.6) is 5.75 Å². The molecule has 1 unspecified atom stereocenters. The van der Waals surface area contributed by atoms with Crippen molar-refractivity contribution in [3.63, 3.8) is 0 Å². The molecular weight excluding hydrogens is 328 g/mol. The Bertz CT molecular complexity index is 539. The Kier molecular flexibility index (Phi) is 9.98. The summed E-state index contributed by atoms with van der Waals surface area (Å²) in [5.41, 5.74) is 1.24. The summed E-state index contributed by atoms with van der Waals surface area (Å²) in [6.07, 6.45) is 7.64. The zero-order valence-electron chi connectivity index (χ0n) is 14.7. The molecule has 0 fully saturated rings. The van der Waals surface area contributed by atoms with E-state index in [1.165, 1.54) is 44.1 Å². The van der Waals surface area contributed by atoms with Crippen molar-refractivity contribution in [1.29, 1.82) is 0 Å². The second-order valence-corrected chi connectivity index (χ2v) is 7.41. The Morgan fingerprint density at radius 2 is 1.62 bits per heavy atom. The maximum atomic E-state index is 11.0. The van der Waals surface area contributed by atoms with Gasteiger partial charge in [0.25, 0.3) is 10.1 Å². The molecule has 1 N–H and O–H groups in total. The first-order valence-corrected chi connectivity index (χ1v) is 10.4. The third-order valence-corrected chi connectivity index (χ3v) is 4.40. The van der Waals surface area contributed by atoms with Crippen LogP contribution in [0.25, 0.3) is 0 Å². The molecule has 0 aliphatic carbocycles. The van der Waals surface area contributed by atoms with E-state index in [-0.39, 0.29) is 0 Å². The minimum absolute atomic E-state index is 0.302. The molecule has 0 aliphatic heterocycles. The molecule has 1 aromatic rings. The molecule has 0 aliphatic rings. The van der Waals surface area contributed by atoms with Crippen LogP contribution in [0.1, 0.15) is 57.9 Å². The normalized spacial score (nSPS) is 13.0. The zero-order chi connectivity index (χ0) is 17.8. The Balaban J connectivity index is 2.42. The van der Waals surface area contributed by atoms with E-state index >= 15 is 0 Å². The summed E-state index contributed by atoms with van der Waals surface area (Å²) in [6, 6.07) is 7.58. The molecule has 0 heterocycles. The quantitative estimate of drug-likeness (QED) is 0.325. The van der Waals surface area contributed by atoms with Crippen LogP contribution in [0, 0.1) is 0 Å². The van der Waals surface area contributed by atoms with E-state index < -0.39 is 22.2 Å². The van der Waals surface area contributed by atoms with E-state index in [0.29, 0.717) is 12.4 Å². The molecule has 0 saturated heterocycles. The van der Waals surface area contributed by atoms with Gasteiger partial charge in [-0.25, -0.2) is 0 Å². The first-order valence-electron chi connectivity index (χ1n) is 8.77. The van der Waals surface area contributed by atoms with Gasteiger partial charge >= 0.3 is 0 Å². The molecule has 1 atom stereocenters. The van der Waals surface area contributed by atoms with Crippen LogP contribution in [-0.4, -0.2) is 31.6 Å². The molecular formula is C18H30O5S.